The molecule has 0 atom stereocenters. The molecule has 1 aliphatic heterocycles. The Morgan fingerprint density at radius 3 is 2.48 bits per heavy atom. The summed E-state index contributed by atoms with van der Waals surface area (Å²) in [4.78, 5) is 25.1. The van der Waals surface area contributed by atoms with Crippen molar-refractivity contribution < 1.29 is 14.8 Å². The van der Waals surface area contributed by atoms with E-state index in [0.29, 0.717) is 18.8 Å². The highest BCUT2D eigenvalue weighted by Gasteiger charge is 2.23. The molecule has 0 saturated carbocycles. The molecule has 0 aromatic heterocycles. The fraction of sp³-hybridized carbons (Fsp3) is 0.500. The Morgan fingerprint density at radius 1 is 1.19 bits per heavy atom. The predicted molar refractivity (Wildman–Crippen MR) is 78.6 cm³/mol. The van der Waals surface area contributed by atoms with Gasteiger partial charge in [0, 0.05) is 19.5 Å². The van der Waals surface area contributed by atoms with Crippen molar-refractivity contribution in [2.24, 2.45) is 5.92 Å². The Hall–Kier alpha value is -1.88. The van der Waals surface area contributed by atoms with Crippen molar-refractivity contribution in [1.82, 2.24) is 10.4 Å². The highest BCUT2D eigenvalue weighted by atomic mass is 16.5. The smallest absolute Gasteiger partial charge is 0.243 e. The number of amides is 2. The molecule has 114 valence electrons. The number of hydrogen-bond acceptors (Lipinski definition) is 3. The highest BCUT2D eigenvalue weighted by molar-refractivity contribution is 5.78. The van der Waals surface area contributed by atoms with Gasteiger partial charge in [-0.25, -0.2) is 5.48 Å². The van der Waals surface area contributed by atoms with E-state index in [1.54, 1.807) is 5.48 Å². The van der Waals surface area contributed by atoms with Gasteiger partial charge in [-0.15, -0.1) is 0 Å². The fourth-order valence-corrected chi connectivity index (χ4v) is 2.74. The normalized spacial score (nSPS) is 15.8. The van der Waals surface area contributed by atoms with E-state index in [-0.39, 0.29) is 11.8 Å². The molecule has 0 aliphatic carbocycles. The van der Waals surface area contributed by atoms with Crippen LogP contribution in [0.5, 0.6) is 0 Å². The number of rotatable bonds is 5. The van der Waals surface area contributed by atoms with Crippen LogP contribution in [0.2, 0.25) is 0 Å². The Morgan fingerprint density at radius 2 is 1.86 bits per heavy atom. The topological polar surface area (TPSA) is 69.6 Å². The van der Waals surface area contributed by atoms with Crippen LogP contribution in [0.4, 0.5) is 0 Å². The van der Waals surface area contributed by atoms with Crippen LogP contribution in [-0.2, 0) is 16.0 Å². The lowest BCUT2D eigenvalue weighted by Crippen LogP contribution is -2.39. The van der Waals surface area contributed by atoms with Crippen molar-refractivity contribution in [2.75, 3.05) is 13.1 Å². The number of carbonyl (C=O) groups excluding carboxylic acids is 2. The van der Waals surface area contributed by atoms with E-state index in [1.807, 2.05) is 35.2 Å². The molecule has 21 heavy (non-hydrogen) atoms. The van der Waals surface area contributed by atoms with Crippen LogP contribution >= 0.6 is 0 Å². The summed E-state index contributed by atoms with van der Waals surface area (Å²) in [5.41, 5.74) is 2.70. The monoisotopic (exact) mass is 290 g/mol. The summed E-state index contributed by atoms with van der Waals surface area (Å²) in [6.07, 6.45) is 3.43. The molecular formula is C16H22N2O3. The highest BCUT2D eigenvalue weighted by Crippen LogP contribution is 2.22. The molecule has 0 radical (unpaired) electrons. The summed E-state index contributed by atoms with van der Waals surface area (Å²) in [6.45, 7) is 1.52. The van der Waals surface area contributed by atoms with Gasteiger partial charge in [0.2, 0.25) is 11.8 Å². The molecule has 0 unspecified atom stereocenters. The molecule has 1 fully saturated rings. The molecule has 1 aromatic carbocycles. The van der Waals surface area contributed by atoms with Crippen LogP contribution in [0, 0.1) is 5.92 Å². The number of carbonyl (C=O) groups is 2. The van der Waals surface area contributed by atoms with Gasteiger partial charge in [0.05, 0.1) is 6.42 Å². The number of nitrogens with zero attached hydrogens (tertiary/aromatic N) is 1. The van der Waals surface area contributed by atoms with Crippen LogP contribution in [0.3, 0.4) is 0 Å². The lowest BCUT2D eigenvalue weighted by atomic mass is 9.92. The third-order valence-electron chi connectivity index (χ3n) is 4.07. The van der Waals surface area contributed by atoms with Crippen molar-refractivity contribution in [3.05, 3.63) is 35.9 Å². The largest absolute Gasteiger partial charge is 0.342 e. The van der Waals surface area contributed by atoms with E-state index in [4.69, 9.17) is 5.21 Å². The van der Waals surface area contributed by atoms with Gasteiger partial charge < -0.3 is 4.90 Å². The number of hydroxylamine groups is 1. The first-order valence-electron chi connectivity index (χ1n) is 7.43. The number of hydrogen-bond donors (Lipinski definition) is 2. The molecule has 0 bridgehead atoms. The van der Waals surface area contributed by atoms with E-state index in [1.165, 1.54) is 0 Å². The van der Waals surface area contributed by atoms with Gasteiger partial charge in [-0.1, -0.05) is 30.3 Å². The number of benzene rings is 1. The zero-order valence-electron chi connectivity index (χ0n) is 12.1. The molecule has 5 nitrogen and oxygen atoms in total. The number of piperidine rings is 1. The van der Waals surface area contributed by atoms with Crippen molar-refractivity contribution in [2.45, 2.75) is 32.1 Å². The fourth-order valence-electron chi connectivity index (χ4n) is 2.74. The molecular weight excluding hydrogens is 268 g/mol. The van der Waals surface area contributed by atoms with Gasteiger partial charge in [-0.2, -0.15) is 0 Å². The van der Waals surface area contributed by atoms with E-state index < -0.39 is 0 Å². The van der Waals surface area contributed by atoms with Crippen LogP contribution in [-0.4, -0.2) is 35.0 Å². The first kappa shape index (κ1) is 15.5. The third-order valence-corrected chi connectivity index (χ3v) is 4.07. The third kappa shape index (κ3) is 4.86. The Bertz CT molecular complexity index is 468. The zero-order chi connectivity index (χ0) is 15.1. The molecule has 1 aliphatic rings. The molecule has 1 saturated heterocycles. The van der Waals surface area contributed by atoms with Crippen molar-refractivity contribution in [3.63, 3.8) is 0 Å². The Kier molecular flexibility index (Phi) is 5.75. The lowest BCUT2D eigenvalue weighted by Gasteiger charge is -2.32. The number of nitrogens with one attached hydrogen (secondary N) is 1. The summed E-state index contributed by atoms with van der Waals surface area (Å²) in [5.74, 6) is 0.299. The Balaban J connectivity index is 1.73. The molecule has 2 rings (SSSR count). The van der Waals surface area contributed by atoms with E-state index in [9.17, 15) is 9.59 Å². The van der Waals surface area contributed by atoms with Gasteiger partial charge >= 0.3 is 0 Å². The SMILES string of the molecule is O=C(CCC1CCN(C(=O)Cc2ccccc2)CC1)NO. The molecule has 1 aromatic rings. The first-order chi connectivity index (χ1) is 10.2. The second-order valence-corrected chi connectivity index (χ2v) is 5.56. The predicted octanol–water partition coefficient (Wildman–Crippen LogP) is 1.75. The van der Waals surface area contributed by atoms with E-state index >= 15 is 0 Å². The second-order valence-electron chi connectivity index (χ2n) is 5.56. The average Bonchev–Trinajstić information content (AvgIpc) is 2.54. The molecule has 1 heterocycles. The summed E-state index contributed by atoms with van der Waals surface area (Å²) < 4.78 is 0. The van der Waals surface area contributed by atoms with Crippen LogP contribution in [0.15, 0.2) is 30.3 Å². The molecule has 2 amide bonds. The van der Waals surface area contributed by atoms with Crippen molar-refractivity contribution in [3.8, 4) is 0 Å². The molecule has 5 heteroatoms. The summed E-state index contributed by atoms with van der Waals surface area (Å²) in [7, 11) is 0. The van der Waals surface area contributed by atoms with Gasteiger partial charge in [0.25, 0.3) is 0 Å². The van der Waals surface area contributed by atoms with Gasteiger partial charge in [-0.05, 0) is 30.7 Å². The first-order valence-corrected chi connectivity index (χ1v) is 7.43. The summed E-state index contributed by atoms with van der Waals surface area (Å²) >= 11 is 0. The minimum atomic E-state index is -0.336. The van der Waals surface area contributed by atoms with Crippen LogP contribution in [0.25, 0.3) is 0 Å². The van der Waals surface area contributed by atoms with E-state index in [0.717, 1.165) is 37.9 Å². The van der Waals surface area contributed by atoms with Gasteiger partial charge in [0.1, 0.15) is 0 Å². The van der Waals surface area contributed by atoms with Crippen LogP contribution in [0.1, 0.15) is 31.2 Å². The van der Waals surface area contributed by atoms with Crippen molar-refractivity contribution >= 4 is 11.8 Å². The standard InChI is InChI=1S/C16H22N2O3/c19-15(17-21)7-6-13-8-10-18(11-9-13)16(20)12-14-4-2-1-3-5-14/h1-5,13,21H,6-12H2,(H,17,19). The lowest BCUT2D eigenvalue weighted by molar-refractivity contribution is -0.132. The second kappa shape index (κ2) is 7.78. The maximum Gasteiger partial charge on any atom is 0.243 e. The minimum absolute atomic E-state index is 0.174. The maximum absolute atomic E-state index is 12.2. The average molecular weight is 290 g/mol. The maximum atomic E-state index is 12.2. The summed E-state index contributed by atoms with van der Waals surface area (Å²) in [6, 6.07) is 9.78. The Labute approximate surface area is 124 Å². The minimum Gasteiger partial charge on any atom is -0.342 e. The van der Waals surface area contributed by atoms with Gasteiger partial charge in [0.15, 0.2) is 0 Å². The number of likely N-dealkylation sites (tertiary alicyclic amines) is 1. The molecule has 2 N–H and O–H groups in total. The van der Waals surface area contributed by atoms with Crippen LogP contribution < -0.4 is 5.48 Å². The van der Waals surface area contributed by atoms with Gasteiger partial charge in [-0.3, -0.25) is 14.8 Å². The van der Waals surface area contributed by atoms with E-state index in [2.05, 4.69) is 0 Å². The van der Waals surface area contributed by atoms with Crippen molar-refractivity contribution in [1.29, 1.82) is 0 Å². The summed E-state index contributed by atoms with van der Waals surface area (Å²) in [5, 5.41) is 8.47. The quantitative estimate of drug-likeness (QED) is 0.641. The molecule has 0 spiro atoms. The zero-order valence-corrected chi connectivity index (χ0v) is 12.1.